The largest absolute Gasteiger partial charge is 0.344 e. The number of nitrogens with zero attached hydrogens (tertiary/aromatic N) is 2. The summed E-state index contributed by atoms with van der Waals surface area (Å²) in [5.74, 6) is -0.0510. The van der Waals surface area contributed by atoms with Gasteiger partial charge in [-0.15, -0.1) is 11.3 Å². The number of hydrogen-bond acceptors (Lipinski definition) is 4. The van der Waals surface area contributed by atoms with Gasteiger partial charge in [-0.05, 0) is 31.4 Å². The van der Waals surface area contributed by atoms with Crippen molar-refractivity contribution >= 4 is 17.2 Å². The van der Waals surface area contributed by atoms with Crippen LogP contribution in [-0.4, -0.2) is 15.9 Å². The van der Waals surface area contributed by atoms with Gasteiger partial charge in [0.2, 0.25) is 0 Å². The van der Waals surface area contributed by atoms with Crippen LogP contribution < -0.4 is 5.32 Å². The highest BCUT2D eigenvalue weighted by atomic mass is 32.1. The Bertz CT molecular complexity index is 846. The van der Waals surface area contributed by atoms with Gasteiger partial charge in [0, 0.05) is 23.5 Å². The summed E-state index contributed by atoms with van der Waals surface area (Å²) < 4.78 is 0. The molecule has 1 atom stereocenters. The molecule has 2 aromatic heterocycles. The SMILES string of the molecule is O=C(NC1CCCc2nc(-c3ccccc3)sc21)c1ccncc1. The van der Waals surface area contributed by atoms with Gasteiger partial charge in [0.15, 0.2) is 0 Å². The van der Waals surface area contributed by atoms with Crippen molar-refractivity contribution in [3.05, 3.63) is 71.0 Å². The summed E-state index contributed by atoms with van der Waals surface area (Å²) in [6.07, 6.45) is 6.27. The van der Waals surface area contributed by atoms with Crippen LogP contribution in [0.3, 0.4) is 0 Å². The molecule has 1 aliphatic rings. The third-order valence-electron chi connectivity index (χ3n) is 4.22. The molecule has 0 fully saturated rings. The number of thiazole rings is 1. The van der Waals surface area contributed by atoms with Gasteiger partial charge in [-0.1, -0.05) is 30.3 Å². The second-order valence-corrected chi connectivity index (χ2v) is 6.88. The van der Waals surface area contributed by atoms with Gasteiger partial charge in [0.25, 0.3) is 5.91 Å². The topological polar surface area (TPSA) is 54.9 Å². The number of benzene rings is 1. The first-order chi connectivity index (χ1) is 11.8. The molecule has 1 N–H and O–H groups in total. The standard InChI is InChI=1S/C19H17N3OS/c23-18(13-9-11-20-12-10-13)21-15-7-4-8-16-17(15)24-19(22-16)14-5-2-1-3-6-14/h1-3,5-6,9-12,15H,4,7-8H2,(H,21,23). The number of nitrogens with one attached hydrogen (secondary N) is 1. The normalized spacial score (nSPS) is 16.4. The molecule has 2 heterocycles. The van der Waals surface area contributed by atoms with Crippen LogP contribution in [0, 0.1) is 0 Å². The van der Waals surface area contributed by atoms with Crippen LogP contribution in [-0.2, 0) is 6.42 Å². The van der Waals surface area contributed by atoms with Crippen LogP contribution >= 0.6 is 11.3 Å². The van der Waals surface area contributed by atoms with E-state index in [0.717, 1.165) is 35.5 Å². The summed E-state index contributed by atoms with van der Waals surface area (Å²) in [6, 6.07) is 13.7. The Hall–Kier alpha value is -2.53. The molecule has 1 aromatic carbocycles. The predicted octanol–water partition coefficient (Wildman–Crippen LogP) is 4.01. The van der Waals surface area contributed by atoms with E-state index in [1.54, 1.807) is 35.9 Å². The maximum atomic E-state index is 12.4. The minimum atomic E-state index is -0.0510. The zero-order valence-electron chi connectivity index (χ0n) is 13.1. The summed E-state index contributed by atoms with van der Waals surface area (Å²) in [4.78, 5) is 22.4. The zero-order chi connectivity index (χ0) is 16.4. The van der Waals surface area contributed by atoms with Gasteiger partial charge in [-0.3, -0.25) is 9.78 Å². The third kappa shape index (κ3) is 2.95. The van der Waals surface area contributed by atoms with Crippen molar-refractivity contribution in [2.75, 3.05) is 0 Å². The summed E-state index contributed by atoms with van der Waals surface area (Å²) in [7, 11) is 0. The van der Waals surface area contributed by atoms with Crippen LogP contribution in [0.5, 0.6) is 0 Å². The number of fused-ring (bicyclic) bond motifs is 1. The van der Waals surface area contributed by atoms with E-state index in [1.807, 2.05) is 18.2 Å². The Labute approximate surface area is 144 Å². The maximum absolute atomic E-state index is 12.4. The lowest BCUT2D eigenvalue weighted by Crippen LogP contribution is -2.30. The molecule has 0 bridgehead atoms. The number of rotatable bonds is 3. The van der Waals surface area contributed by atoms with Crippen molar-refractivity contribution in [1.82, 2.24) is 15.3 Å². The molecular weight excluding hydrogens is 318 g/mol. The molecule has 0 aliphatic heterocycles. The van der Waals surface area contributed by atoms with E-state index in [2.05, 4.69) is 22.4 Å². The molecule has 120 valence electrons. The molecule has 5 heteroatoms. The Morgan fingerprint density at radius 3 is 2.71 bits per heavy atom. The molecule has 1 amide bonds. The number of aryl methyl sites for hydroxylation is 1. The van der Waals surface area contributed by atoms with Crippen molar-refractivity contribution in [2.24, 2.45) is 0 Å². The Morgan fingerprint density at radius 2 is 1.92 bits per heavy atom. The number of hydrogen-bond donors (Lipinski definition) is 1. The van der Waals surface area contributed by atoms with Crippen LogP contribution in [0.1, 0.15) is 39.8 Å². The molecule has 4 rings (SSSR count). The van der Waals surface area contributed by atoms with E-state index < -0.39 is 0 Å². The first-order valence-corrected chi connectivity index (χ1v) is 8.89. The lowest BCUT2D eigenvalue weighted by atomic mass is 9.98. The molecule has 0 radical (unpaired) electrons. The molecule has 24 heavy (non-hydrogen) atoms. The molecular formula is C19H17N3OS. The molecule has 3 aromatic rings. The number of carbonyl (C=O) groups is 1. The summed E-state index contributed by atoms with van der Waals surface area (Å²) in [5.41, 5.74) is 2.91. The van der Waals surface area contributed by atoms with Crippen molar-refractivity contribution < 1.29 is 4.79 Å². The van der Waals surface area contributed by atoms with E-state index >= 15 is 0 Å². The van der Waals surface area contributed by atoms with Gasteiger partial charge < -0.3 is 5.32 Å². The van der Waals surface area contributed by atoms with E-state index in [9.17, 15) is 4.79 Å². The van der Waals surface area contributed by atoms with Crippen molar-refractivity contribution in [2.45, 2.75) is 25.3 Å². The second-order valence-electron chi connectivity index (χ2n) is 5.85. The highest BCUT2D eigenvalue weighted by Crippen LogP contribution is 2.37. The fourth-order valence-electron chi connectivity index (χ4n) is 3.01. The Morgan fingerprint density at radius 1 is 1.12 bits per heavy atom. The molecule has 4 nitrogen and oxygen atoms in total. The maximum Gasteiger partial charge on any atom is 0.251 e. The van der Waals surface area contributed by atoms with Crippen LogP contribution in [0.15, 0.2) is 54.9 Å². The summed E-state index contributed by atoms with van der Waals surface area (Å²) in [5, 5.41) is 4.19. The summed E-state index contributed by atoms with van der Waals surface area (Å²) >= 11 is 1.70. The van der Waals surface area contributed by atoms with Gasteiger partial charge in [-0.2, -0.15) is 0 Å². The first-order valence-electron chi connectivity index (χ1n) is 8.07. The molecule has 0 spiro atoms. The Kier molecular flexibility index (Phi) is 4.09. The Balaban J connectivity index is 1.60. The van der Waals surface area contributed by atoms with Gasteiger partial charge in [-0.25, -0.2) is 4.98 Å². The van der Waals surface area contributed by atoms with Crippen molar-refractivity contribution in [3.63, 3.8) is 0 Å². The molecule has 0 saturated heterocycles. The number of amides is 1. The third-order valence-corrected chi connectivity index (χ3v) is 5.48. The number of pyridine rings is 1. The average molecular weight is 335 g/mol. The quantitative estimate of drug-likeness (QED) is 0.787. The smallest absolute Gasteiger partial charge is 0.251 e. The van der Waals surface area contributed by atoms with Gasteiger partial charge >= 0.3 is 0 Å². The van der Waals surface area contributed by atoms with Crippen molar-refractivity contribution in [3.8, 4) is 10.6 Å². The van der Waals surface area contributed by atoms with Gasteiger partial charge in [0.1, 0.15) is 5.01 Å². The fourth-order valence-corrected chi connectivity index (χ4v) is 4.21. The summed E-state index contributed by atoms with van der Waals surface area (Å²) in [6.45, 7) is 0. The highest BCUT2D eigenvalue weighted by Gasteiger charge is 2.26. The predicted molar refractivity (Wildman–Crippen MR) is 94.9 cm³/mol. The van der Waals surface area contributed by atoms with E-state index in [0.29, 0.717) is 5.56 Å². The molecule has 0 saturated carbocycles. The van der Waals surface area contributed by atoms with E-state index in [1.165, 1.54) is 4.88 Å². The zero-order valence-corrected chi connectivity index (χ0v) is 13.9. The minimum Gasteiger partial charge on any atom is -0.344 e. The lowest BCUT2D eigenvalue weighted by molar-refractivity contribution is 0.0933. The van der Waals surface area contributed by atoms with E-state index in [4.69, 9.17) is 4.98 Å². The van der Waals surface area contributed by atoms with Crippen LogP contribution in [0.2, 0.25) is 0 Å². The van der Waals surface area contributed by atoms with Crippen LogP contribution in [0.4, 0.5) is 0 Å². The molecule has 1 unspecified atom stereocenters. The van der Waals surface area contributed by atoms with Gasteiger partial charge in [0.05, 0.1) is 16.6 Å². The van der Waals surface area contributed by atoms with Crippen molar-refractivity contribution in [1.29, 1.82) is 0 Å². The average Bonchev–Trinajstić information content (AvgIpc) is 3.08. The number of aromatic nitrogens is 2. The minimum absolute atomic E-state index is 0.0457. The molecule has 1 aliphatic carbocycles. The highest BCUT2D eigenvalue weighted by molar-refractivity contribution is 7.15. The monoisotopic (exact) mass is 335 g/mol. The fraction of sp³-hybridized carbons (Fsp3) is 0.211. The lowest BCUT2D eigenvalue weighted by Gasteiger charge is -2.22. The van der Waals surface area contributed by atoms with E-state index in [-0.39, 0.29) is 11.9 Å². The first kappa shape index (κ1) is 15.0. The number of carbonyl (C=O) groups excluding carboxylic acids is 1. The second kappa shape index (κ2) is 6.53. The van der Waals surface area contributed by atoms with Crippen LogP contribution in [0.25, 0.3) is 10.6 Å².